The third-order valence-corrected chi connectivity index (χ3v) is 6.87. The van der Waals surface area contributed by atoms with E-state index in [1.54, 1.807) is 24.3 Å². The third-order valence-electron chi connectivity index (χ3n) is 6.87. The van der Waals surface area contributed by atoms with Crippen LogP contribution in [0.15, 0.2) is 79.0 Å². The summed E-state index contributed by atoms with van der Waals surface area (Å²) in [4.78, 5) is 13.5. The van der Waals surface area contributed by atoms with Gasteiger partial charge in [-0.15, -0.1) is 0 Å². The molecule has 0 amide bonds. The number of hydrogen-bond acceptors (Lipinski definition) is 3. The molecule has 0 atom stereocenters. The first-order chi connectivity index (χ1) is 17.1. The molecular formula is C29H29FN2O3. The summed E-state index contributed by atoms with van der Waals surface area (Å²) in [5, 5.41) is 10.4. The molecule has 6 heteroatoms. The zero-order valence-corrected chi connectivity index (χ0v) is 19.6. The van der Waals surface area contributed by atoms with E-state index in [2.05, 4.69) is 39.9 Å². The van der Waals surface area contributed by atoms with Crippen molar-refractivity contribution < 1.29 is 19.0 Å². The number of halogens is 1. The van der Waals surface area contributed by atoms with Crippen LogP contribution in [0.3, 0.4) is 0 Å². The van der Waals surface area contributed by atoms with Gasteiger partial charge in [-0.1, -0.05) is 36.4 Å². The van der Waals surface area contributed by atoms with E-state index in [1.807, 2.05) is 12.1 Å². The van der Waals surface area contributed by atoms with Gasteiger partial charge in [0.15, 0.2) is 0 Å². The number of hydrogen-bond donors (Lipinski definition) is 1. The number of nitrogens with zero attached hydrogens (tertiary/aromatic N) is 2. The van der Waals surface area contributed by atoms with E-state index < -0.39 is 5.97 Å². The van der Waals surface area contributed by atoms with Gasteiger partial charge in [0, 0.05) is 30.2 Å². The number of rotatable bonds is 8. The minimum Gasteiger partial charge on any atom is -0.492 e. The largest absolute Gasteiger partial charge is 0.492 e. The van der Waals surface area contributed by atoms with Crippen LogP contribution >= 0.6 is 0 Å². The Hall–Kier alpha value is -3.64. The van der Waals surface area contributed by atoms with E-state index in [0.29, 0.717) is 18.3 Å². The summed E-state index contributed by atoms with van der Waals surface area (Å²) in [6.07, 6.45) is 4.45. The molecule has 0 radical (unpaired) electrons. The highest BCUT2D eigenvalue weighted by Gasteiger charge is 2.23. The van der Waals surface area contributed by atoms with Crippen molar-refractivity contribution in [1.29, 1.82) is 0 Å². The molecule has 0 spiro atoms. The zero-order chi connectivity index (χ0) is 24.2. The highest BCUT2D eigenvalue weighted by Crippen LogP contribution is 2.34. The fourth-order valence-electron chi connectivity index (χ4n) is 5.00. The highest BCUT2D eigenvalue weighted by atomic mass is 19.1. The van der Waals surface area contributed by atoms with Gasteiger partial charge >= 0.3 is 5.97 Å². The van der Waals surface area contributed by atoms with E-state index in [0.717, 1.165) is 44.6 Å². The number of para-hydroxylation sites is 1. The summed E-state index contributed by atoms with van der Waals surface area (Å²) in [5.41, 5.74) is 3.93. The van der Waals surface area contributed by atoms with E-state index in [1.165, 1.54) is 28.6 Å². The van der Waals surface area contributed by atoms with Crippen LogP contribution in [0.2, 0.25) is 0 Å². The molecule has 5 rings (SSSR count). The lowest BCUT2D eigenvalue weighted by Crippen LogP contribution is -2.35. The monoisotopic (exact) mass is 472 g/mol. The van der Waals surface area contributed by atoms with Crippen molar-refractivity contribution in [2.45, 2.75) is 25.3 Å². The molecule has 2 heterocycles. The van der Waals surface area contributed by atoms with Crippen molar-refractivity contribution in [3.05, 3.63) is 102 Å². The van der Waals surface area contributed by atoms with Crippen molar-refractivity contribution in [1.82, 2.24) is 9.47 Å². The van der Waals surface area contributed by atoms with Gasteiger partial charge in [0.25, 0.3) is 0 Å². The van der Waals surface area contributed by atoms with Crippen molar-refractivity contribution in [2.24, 2.45) is 0 Å². The van der Waals surface area contributed by atoms with E-state index >= 15 is 0 Å². The standard InChI is InChI=1S/C29H29FN2O3/c30-24-10-8-21(9-11-24)19-32-20-27(26-6-1-2-7-28(26)32)22-12-14-31(15-13-22)16-17-35-25-5-3-4-23(18-25)29(33)34/h1-11,18,20,22H,12-17,19H2,(H,33,34). The topological polar surface area (TPSA) is 54.7 Å². The third kappa shape index (κ3) is 5.38. The van der Waals surface area contributed by atoms with Crippen molar-refractivity contribution >= 4 is 16.9 Å². The number of carboxylic acid groups (broad SMARTS) is 1. The Labute approximate surface area is 204 Å². The van der Waals surface area contributed by atoms with Crippen molar-refractivity contribution in [3.8, 4) is 5.75 Å². The molecule has 1 aliphatic heterocycles. The summed E-state index contributed by atoms with van der Waals surface area (Å²) in [6.45, 7) is 4.07. The first-order valence-electron chi connectivity index (χ1n) is 12.1. The van der Waals surface area contributed by atoms with Gasteiger partial charge in [-0.2, -0.15) is 0 Å². The maximum atomic E-state index is 13.3. The van der Waals surface area contributed by atoms with Crippen LogP contribution in [0.4, 0.5) is 4.39 Å². The van der Waals surface area contributed by atoms with Gasteiger partial charge in [-0.05, 0) is 79.4 Å². The molecule has 0 unspecified atom stereocenters. The summed E-state index contributed by atoms with van der Waals surface area (Å²) in [6, 6.07) is 21.9. The Morgan fingerprint density at radius 2 is 1.77 bits per heavy atom. The second-order valence-electron chi connectivity index (χ2n) is 9.15. The van der Waals surface area contributed by atoms with Crippen LogP contribution in [0.5, 0.6) is 5.75 Å². The average molecular weight is 473 g/mol. The molecule has 5 nitrogen and oxygen atoms in total. The smallest absolute Gasteiger partial charge is 0.335 e. The molecule has 35 heavy (non-hydrogen) atoms. The normalized spacial score (nSPS) is 14.9. The number of carbonyl (C=O) groups is 1. The number of benzene rings is 3. The lowest BCUT2D eigenvalue weighted by molar-refractivity contribution is 0.0696. The molecule has 1 N–H and O–H groups in total. The molecular weight excluding hydrogens is 443 g/mol. The van der Waals surface area contributed by atoms with E-state index in [9.17, 15) is 9.18 Å². The quantitative estimate of drug-likeness (QED) is 0.353. The molecule has 1 saturated heterocycles. The number of fused-ring (bicyclic) bond motifs is 1. The van der Waals surface area contributed by atoms with Crippen LogP contribution < -0.4 is 4.74 Å². The van der Waals surface area contributed by atoms with Crippen LogP contribution in [0.1, 0.15) is 40.2 Å². The molecule has 1 fully saturated rings. The summed E-state index contributed by atoms with van der Waals surface area (Å²) in [5.74, 6) is -0.0678. The SMILES string of the molecule is O=C(O)c1cccc(OCCN2CCC(c3cn(Cc4ccc(F)cc4)c4ccccc34)CC2)c1. The minimum atomic E-state index is -0.948. The Bertz CT molecular complexity index is 1310. The number of likely N-dealkylation sites (tertiary alicyclic amines) is 1. The lowest BCUT2D eigenvalue weighted by atomic mass is 9.89. The van der Waals surface area contributed by atoms with Crippen molar-refractivity contribution in [2.75, 3.05) is 26.2 Å². The number of carboxylic acids is 1. The first kappa shape index (κ1) is 23.1. The summed E-state index contributed by atoms with van der Waals surface area (Å²) >= 11 is 0. The second-order valence-corrected chi connectivity index (χ2v) is 9.15. The minimum absolute atomic E-state index is 0.210. The zero-order valence-electron chi connectivity index (χ0n) is 19.6. The van der Waals surface area contributed by atoms with Gasteiger partial charge in [-0.3, -0.25) is 4.90 Å². The van der Waals surface area contributed by atoms with Crippen LogP contribution in [0.25, 0.3) is 10.9 Å². The van der Waals surface area contributed by atoms with Crippen LogP contribution in [-0.2, 0) is 6.54 Å². The van der Waals surface area contributed by atoms with Gasteiger partial charge in [0.2, 0.25) is 0 Å². The molecule has 3 aromatic carbocycles. The molecule has 1 aliphatic rings. The van der Waals surface area contributed by atoms with Crippen molar-refractivity contribution in [3.63, 3.8) is 0 Å². The van der Waals surface area contributed by atoms with Crippen LogP contribution in [0, 0.1) is 5.82 Å². The Morgan fingerprint density at radius 1 is 1.00 bits per heavy atom. The summed E-state index contributed by atoms with van der Waals surface area (Å²) in [7, 11) is 0. The maximum absolute atomic E-state index is 13.3. The number of aromatic carboxylic acids is 1. The maximum Gasteiger partial charge on any atom is 0.335 e. The highest BCUT2D eigenvalue weighted by molar-refractivity contribution is 5.88. The number of piperidine rings is 1. The van der Waals surface area contributed by atoms with Gasteiger partial charge in [-0.25, -0.2) is 9.18 Å². The lowest BCUT2D eigenvalue weighted by Gasteiger charge is -2.31. The van der Waals surface area contributed by atoms with Gasteiger partial charge < -0.3 is 14.4 Å². The Morgan fingerprint density at radius 3 is 2.54 bits per heavy atom. The molecule has 4 aromatic rings. The Balaban J connectivity index is 1.20. The molecule has 1 aromatic heterocycles. The fraction of sp³-hybridized carbons (Fsp3) is 0.276. The summed E-state index contributed by atoms with van der Waals surface area (Å²) < 4.78 is 21.4. The predicted octanol–water partition coefficient (Wildman–Crippen LogP) is 5.79. The first-order valence-corrected chi connectivity index (χ1v) is 12.1. The van der Waals surface area contributed by atoms with Gasteiger partial charge in [0.1, 0.15) is 18.2 Å². The van der Waals surface area contributed by atoms with E-state index in [-0.39, 0.29) is 11.4 Å². The van der Waals surface area contributed by atoms with Gasteiger partial charge in [0.05, 0.1) is 5.56 Å². The number of aromatic nitrogens is 1. The van der Waals surface area contributed by atoms with Crippen LogP contribution in [-0.4, -0.2) is 46.8 Å². The molecule has 0 saturated carbocycles. The second kappa shape index (κ2) is 10.3. The van der Waals surface area contributed by atoms with E-state index in [4.69, 9.17) is 9.84 Å². The molecule has 0 aliphatic carbocycles. The Kier molecular flexibility index (Phi) is 6.82. The average Bonchev–Trinajstić information content (AvgIpc) is 3.24. The molecule has 180 valence electrons. The molecule has 0 bridgehead atoms. The number of ether oxygens (including phenoxy) is 1. The fourth-order valence-corrected chi connectivity index (χ4v) is 5.00. The predicted molar refractivity (Wildman–Crippen MR) is 135 cm³/mol.